The fraction of sp³-hybridized carbons (Fsp3) is 0.345. The average molecular weight is 527 g/mol. The van der Waals surface area contributed by atoms with Crippen LogP contribution in [-0.2, 0) is 16.0 Å². The molecular formula is C29H29ClF2N2O3. The van der Waals surface area contributed by atoms with Gasteiger partial charge in [0, 0.05) is 35.0 Å². The Morgan fingerprint density at radius 1 is 1.14 bits per heavy atom. The summed E-state index contributed by atoms with van der Waals surface area (Å²) >= 11 is 6.14. The summed E-state index contributed by atoms with van der Waals surface area (Å²) in [7, 11) is 0. The summed E-state index contributed by atoms with van der Waals surface area (Å²) in [6.45, 7) is 3.54. The monoisotopic (exact) mass is 526 g/mol. The molecule has 37 heavy (non-hydrogen) atoms. The molecule has 4 rings (SSSR count). The van der Waals surface area contributed by atoms with Gasteiger partial charge in [0.1, 0.15) is 11.6 Å². The molecule has 0 bridgehead atoms. The minimum Gasteiger partial charge on any atom is -0.481 e. The standard InChI is InChI=1S/C29H29ClF2N2O3/c1-16-18(10-11-27(35)36)8-5-9-26(16)34-29(37)28(19-6-3-4-7-19)22-14-24(31)21(13-25(22)32)20-12-23(30)17(2)33-15-20/h5,8-9,12-15,19,28H,3-4,6-7,10-11H2,1-2H3,(H,34,37)(H,35,36)/t28-/m1/s1. The van der Waals surface area contributed by atoms with Crippen LogP contribution in [0.2, 0.25) is 5.02 Å². The molecule has 0 aliphatic heterocycles. The van der Waals surface area contributed by atoms with E-state index in [1.807, 2.05) is 13.0 Å². The van der Waals surface area contributed by atoms with Gasteiger partial charge in [-0.25, -0.2) is 8.78 Å². The van der Waals surface area contributed by atoms with Crippen molar-refractivity contribution in [1.29, 1.82) is 0 Å². The number of carbonyl (C=O) groups excluding carboxylic acids is 1. The molecule has 5 nitrogen and oxygen atoms in total. The number of aliphatic carboxylic acids is 1. The summed E-state index contributed by atoms with van der Waals surface area (Å²) in [5.74, 6) is -3.61. The number of carbonyl (C=O) groups is 2. The van der Waals surface area contributed by atoms with E-state index in [0.29, 0.717) is 28.4 Å². The van der Waals surface area contributed by atoms with E-state index in [1.165, 1.54) is 6.20 Å². The van der Waals surface area contributed by atoms with Gasteiger partial charge < -0.3 is 10.4 Å². The largest absolute Gasteiger partial charge is 0.481 e. The fourth-order valence-electron chi connectivity index (χ4n) is 5.12. The molecule has 1 aromatic heterocycles. The van der Waals surface area contributed by atoms with E-state index in [-0.39, 0.29) is 23.5 Å². The SMILES string of the molecule is Cc1ncc(-c2cc(F)c([C@H](C(=O)Nc3cccc(CCC(=O)O)c3C)C3CCCC3)cc2F)cc1Cl. The first-order chi connectivity index (χ1) is 17.7. The first-order valence-corrected chi connectivity index (χ1v) is 12.8. The second-order valence-electron chi connectivity index (χ2n) is 9.64. The summed E-state index contributed by atoms with van der Waals surface area (Å²) < 4.78 is 30.9. The zero-order valence-electron chi connectivity index (χ0n) is 20.8. The number of carboxylic acids is 1. The maximum atomic E-state index is 15.6. The number of amides is 1. The van der Waals surface area contributed by atoms with Crippen LogP contribution in [-0.4, -0.2) is 22.0 Å². The Bertz CT molecular complexity index is 1340. The highest BCUT2D eigenvalue weighted by molar-refractivity contribution is 6.31. The smallest absolute Gasteiger partial charge is 0.303 e. The lowest BCUT2D eigenvalue weighted by atomic mass is 9.83. The van der Waals surface area contributed by atoms with Crippen molar-refractivity contribution in [3.8, 4) is 11.1 Å². The van der Waals surface area contributed by atoms with Gasteiger partial charge in [-0.05, 0) is 74.4 Å². The third-order valence-electron chi connectivity index (χ3n) is 7.22. The topological polar surface area (TPSA) is 79.3 Å². The van der Waals surface area contributed by atoms with E-state index >= 15 is 8.78 Å². The lowest BCUT2D eigenvalue weighted by Gasteiger charge is -2.25. The van der Waals surface area contributed by atoms with Crippen LogP contribution in [0, 0.1) is 31.4 Å². The Hall–Kier alpha value is -3.32. The maximum absolute atomic E-state index is 15.6. The Kier molecular flexibility index (Phi) is 8.22. The van der Waals surface area contributed by atoms with E-state index in [9.17, 15) is 9.59 Å². The molecule has 0 radical (unpaired) electrons. The molecule has 0 unspecified atom stereocenters. The fourth-order valence-corrected chi connectivity index (χ4v) is 5.28. The molecule has 1 aliphatic carbocycles. The van der Waals surface area contributed by atoms with Gasteiger partial charge in [-0.15, -0.1) is 0 Å². The highest BCUT2D eigenvalue weighted by Crippen LogP contribution is 2.41. The zero-order valence-corrected chi connectivity index (χ0v) is 21.5. The lowest BCUT2D eigenvalue weighted by Crippen LogP contribution is -2.28. The van der Waals surface area contributed by atoms with Crippen molar-refractivity contribution in [2.24, 2.45) is 5.92 Å². The molecule has 1 amide bonds. The Morgan fingerprint density at radius 3 is 2.54 bits per heavy atom. The van der Waals surface area contributed by atoms with Gasteiger partial charge in [-0.2, -0.15) is 0 Å². The van der Waals surface area contributed by atoms with Crippen molar-refractivity contribution in [2.75, 3.05) is 5.32 Å². The van der Waals surface area contributed by atoms with Crippen LogP contribution in [0.3, 0.4) is 0 Å². The Balaban J connectivity index is 1.67. The number of aryl methyl sites for hydroxylation is 2. The summed E-state index contributed by atoms with van der Waals surface area (Å²) in [5, 5.41) is 12.3. The normalized spacial score (nSPS) is 14.5. The van der Waals surface area contributed by atoms with Crippen LogP contribution in [0.1, 0.15) is 60.4 Å². The van der Waals surface area contributed by atoms with Crippen molar-refractivity contribution in [3.05, 3.63) is 81.6 Å². The first-order valence-electron chi connectivity index (χ1n) is 12.4. The number of hydrogen-bond acceptors (Lipinski definition) is 3. The van der Waals surface area contributed by atoms with Gasteiger partial charge in [-0.3, -0.25) is 14.6 Å². The van der Waals surface area contributed by atoms with Crippen LogP contribution < -0.4 is 5.32 Å². The summed E-state index contributed by atoms with van der Waals surface area (Å²) in [5.41, 5.74) is 3.10. The van der Waals surface area contributed by atoms with E-state index in [1.54, 1.807) is 25.1 Å². The number of aromatic nitrogens is 1. The number of hydrogen-bond donors (Lipinski definition) is 2. The van der Waals surface area contributed by atoms with Crippen LogP contribution in [0.5, 0.6) is 0 Å². The van der Waals surface area contributed by atoms with Crippen molar-refractivity contribution in [1.82, 2.24) is 4.98 Å². The molecule has 1 heterocycles. The molecule has 1 aliphatic rings. The average Bonchev–Trinajstić information content (AvgIpc) is 3.38. The maximum Gasteiger partial charge on any atom is 0.303 e. The number of halogens is 3. The van der Waals surface area contributed by atoms with Crippen LogP contribution in [0.25, 0.3) is 11.1 Å². The quantitative estimate of drug-likeness (QED) is 0.324. The first kappa shape index (κ1) is 26.7. The molecule has 1 saturated carbocycles. The van der Waals surface area contributed by atoms with Crippen molar-refractivity contribution < 1.29 is 23.5 Å². The summed E-state index contributed by atoms with van der Waals surface area (Å²) in [6.07, 6.45) is 5.09. The van der Waals surface area contributed by atoms with Gasteiger partial charge in [-0.1, -0.05) is 36.6 Å². The molecule has 194 valence electrons. The van der Waals surface area contributed by atoms with E-state index < -0.39 is 29.4 Å². The van der Waals surface area contributed by atoms with Crippen LogP contribution in [0.4, 0.5) is 14.5 Å². The van der Waals surface area contributed by atoms with Gasteiger partial charge in [0.25, 0.3) is 0 Å². The Labute approximate surface area is 219 Å². The molecule has 1 atom stereocenters. The predicted octanol–water partition coefficient (Wildman–Crippen LogP) is 7.23. The predicted molar refractivity (Wildman–Crippen MR) is 140 cm³/mol. The third-order valence-corrected chi connectivity index (χ3v) is 7.61. The minimum atomic E-state index is -0.903. The number of nitrogens with zero attached hydrogens (tertiary/aromatic N) is 1. The Morgan fingerprint density at radius 2 is 1.86 bits per heavy atom. The van der Waals surface area contributed by atoms with E-state index in [4.69, 9.17) is 16.7 Å². The van der Waals surface area contributed by atoms with Crippen molar-refractivity contribution in [2.45, 2.75) is 58.3 Å². The lowest BCUT2D eigenvalue weighted by molar-refractivity contribution is -0.137. The molecule has 1 fully saturated rings. The minimum absolute atomic E-state index is 0.0245. The van der Waals surface area contributed by atoms with Gasteiger partial charge >= 0.3 is 5.97 Å². The second-order valence-corrected chi connectivity index (χ2v) is 10.0. The van der Waals surface area contributed by atoms with Crippen molar-refractivity contribution in [3.63, 3.8) is 0 Å². The number of pyridine rings is 1. The summed E-state index contributed by atoms with van der Waals surface area (Å²) in [4.78, 5) is 28.7. The highest BCUT2D eigenvalue weighted by atomic mass is 35.5. The van der Waals surface area contributed by atoms with Crippen molar-refractivity contribution >= 4 is 29.2 Å². The van der Waals surface area contributed by atoms with Crippen LogP contribution >= 0.6 is 11.6 Å². The molecule has 8 heteroatoms. The number of benzene rings is 2. The van der Waals surface area contributed by atoms with Gasteiger partial charge in [0.05, 0.1) is 16.6 Å². The number of nitrogens with one attached hydrogen (secondary N) is 1. The third kappa shape index (κ3) is 5.99. The molecule has 0 saturated heterocycles. The number of anilines is 1. The van der Waals surface area contributed by atoms with E-state index in [0.717, 1.165) is 48.9 Å². The number of rotatable bonds is 8. The van der Waals surface area contributed by atoms with Crippen LogP contribution in [0.15, 0.2) is 42.6 Å². The highest BCUT2D eigenvalue weighted by Gasteiger charge is 2.35. The van der Waals surface area contributed by atoms with E-state index in [2.05, 4.69) is 10.3 Å². The molecule has 2 N–H and O–H groups in total. The molecular weight excluding hydrogens is 498 g/mol. The van der Waals surface area contributed by atoms with Gasteiger partial charge in [0.15, 0.2) is 0 Å². The zero-order chi connectivity index (χ0) is 26.7. The summed E-state index contributed by atoms with van der Waals surface area (Å²) in [6, 6.07) is 9.08. The van der Waals surface area contributed by atoms with Gasteiger partial charge in [0.2, 0.25) is 5.91 Å². The molecule has 3 aromatic rings. The number of carboxylic acid groups (broad SMARTS) is 1. The molecule has 2 aromatic carbocycles. The second kappa shape index (κ2) is 11.4. The molecule has 0 spiro atoms.